The zero-order chi connectivity index (χ0) is 11.9. The van der Waals surface area contributed by atoms with Gasteiger partial charge >= 0.3 is 11.9 Å². The highest BCUT2D eigenvalue weighted by molar-refractivity contribution is 5.96. The Morgan fingerprint density at radius 2 is 2.06 bits per heavy atom. The zero-order valence-electron chi connectivity index (χ0n) is 8.08. The molecule has 0 saturated carbocycles. The van der Waals surface area contributed by atoms with E-state index >= 15 is 0 Å². The molecular formula is C11H8F2O3. The van der Waals surface area contributed by atoms with Gasteiger partial charge in [-0.05, 0) is 18.1 Å². The van der Waals surface area contributed by atoms with Crippen molar-refractivity contribution in [3.63, 3.8) is 0 Å². The summed E-state index contributed by atoms with van der Waals surface area (Å²) in [5.41, 5.74) is -0.182. The Labute approximate surface area is 89.6 Å². The van der Waals surface area contributed by atoms with Crippen molar-refractivity contribution in [1.29, 1.82) is 0 Å². The number of phenols is 1. The number of benzene rings is 1. The average Bonchev–Trinajstić information content (AvgIpc) is 2.63. The predicted octanol–water partition coefficient (Wildman–Crippen LogP) is 2.05. The molecule has 0 aliphatic heterocycles. The molecule has 0 atom stereocenters. The summed E-state index contributed by atoms with van der Waals surface area (Å²) in [5.74, 6) is -6.50. The van der Waals surface area contributed by atoms with Crippen LogP contribution in [0.5, 0.6) is 5.75 Å². The molecule has 1 aliphatic carbocycles. The van der Waals surface area contributed by atoms with Gasteiger partial charge in [0.15, 0.2) is 0 Å². The highest BCUT2D eigenvalue weighted by atomic mass is 19.3. The van der Waals surface area contributed by atoms with Crippen molar-refractivity contribution in [1.82, 2.24) is 0 Å². The highest BCUT2D eigenvalue weighted by Crippen LogP contribution is 2.43. The van der Waals surface area contributed by atoms with Gasteiger partial charge < -0.3 is 10.2 Å². The van der Waals surface area contributed by atoms with Crippen LogP contribution in [0.25, 0.3) is 5.57 Å². The molecule has 0 heterocycles. The number of hydrogen-bond donors (Lipinski definition) is 2. The van der Waals surface area contributed by atoms with Crippen molar-refractivity contribution in [3.05, 3.63) is 35.4 Å². The highest BCUT2D eigenvalue weighted by Gasteiger charge is 2.46. The van der Waals surface area contributed by atoms with E-state index in [4.69, 9.17) is 5.11 Å². The molecule has 2 N–H and O–H groups in total. The number of aliphatic carboxylic acids is 1. The second-order valence-electron chi connectivity index (χ2n) is 3.51. The van der Waals surface area contributed by atoms with Crippen molar-refractivity contribution >= 4 is 11.5 Å². The van der Waals surface area contributed by atoms with E-state index in [1.54, 1.807) is 6.07 Å². The molecule has 0 radical (unpaired) electrons. The number of phenolic OH excluding ortho intramolecular Hbond substituents is 1. The quantitative estimate of drug-likeness (QED) is 0.811. The van der Waals surface area contributed by atoms with Gasteiger partial charge in [-0.1, -0.05) is 18.2 Å². The number of alkyl halides is 2. The van der Waals surface area contributed by atoms with E-state index < -0.39 is 17.5 Å². The number of carbonyl (C=O) groups is 1. The maximum absolute atomic E-state index is 13.3. The van der Waals surface area contributed by atoms with Crippen molar-refractivity contribution in [2.75, 3.05) is 0 Å². The summed E-state index contributed by atoms with van der Waals surface area (Å²) in [6.45, 7) is 0. The second-order valence-corrected chi connectivity index (χ2v) is 3.51. The van der Waals surface area contributed by atoms with Gasteiger partial charge in [0.1, 0.15) is 5.75 Å². The van der Waals surface area contributed by atoms with Crippen molar-refractivity contribution in [2.24, 2.45) is 0 Å². The van der Waals surface area contributed by atoms with E-state index in [1.807, 2.05) is 0 Å². The minimum absolute atomic E-state index is 0.0603. The van der Waals surface area contributed by atoms with Crippen molar-refractivity contribution in [2.45, 2.75) is 12.3 Å². The van der Waals surface area contributed by atoms with E-state index in [2.05, 4.69) is 0 Å². The average molecular weight is 226 g/mol. The monoisotopic (exact) mass is 226 g/mol. The number of allylic oxidation sites excluding steroid dienone is 1. The maximum atomic E-state index is 13.3. The Hall–Kier alpha value is -1.91. The number of carboxylic acid groups (broad SMARTS) is 1. The minimum atomic E-state index is -3.97. The molecule has 0 bridgehead atoms. The molecule has 0 aromatic heterocycles. The second kappa shape index (κ2) is 3.30. The molecule has 0 unspecified atom stereocenters. The summed E-state index contributed by atoms with van der Waals surface area (Å²) in [6, 6.07) is 4.37. The first-order valence-electron chi connectivity index (χ1n) is 4.57. The van der Waals surface area contributed by atoms with Gasteiger partial charge in [-0.2, -0.15) is 8.78 Å². The summed E-state index contributed by atoms with van der Waals surface area (Å²) in [5, 5.41) is 17.9. The zero-order valence-corrected chi connectivity index (χ0v) is 8.08. The largest absolute Gasteiger partial charge is 0.507 e. The molecule has 84 valence electrons. The summed E-state index contributed by atoms with van der Waals surface area (Å²) < 4.78 is 26.7. The number of aromatic hydroxyl groups is 1. The van der Waals surface area contributed by atoms with Crippen LogP contribution in [0.4, 0.5) is 8.78 Å². The Morgan fingerprint density at radius 1 is 1.38 bits per heavy atom. The molecule has 0 fully saturated rings. The molecule has 0 amide bonds. The molecule has 5 heteroatoms. The molecule has 1 aliphatic rings. The van der Waals surface area contributed by atoms with Gasteiger partial charge in [0.05, 0.1) is 0 Å². The van der Waals surface area contributed by atoms with Gasteiger partial charge in [-0.15, -0.1) is 0 Å². The fourth-order valence-electron chi connectivity index (χ4n) is 1.78. The first kappa shape index (κ1) is 10.6. The lowest BCUT2D eigenvalue weighted by atomic mass is 10.00. The van der Waals surface area contributed by atoms with Crippen LogP contribution in [0.2, 0.25) is 0 Å². The van der Waals surface area contributed by atoms with Crippen LogP contribution >= 0.6 is 0 Å². The summed E-state index contributed by atoms with van der Waals surface area (Å²) >= 11 is 0. The lowest BCUT2D eigenvalue weighted by Gasteiger charge is -2.14. The third kappa shape index (κ3) is 1.36. The normalized spacial score (nSPS) is 14.5. The van der Waals surface area contributed by atoms with E-state index in [0.29, 0.717) is 5.56 Å². The fourth-order valence-corrected chi connectivity index (χ4v) is 1.78. The van der Waals surface area contributed by atoms with E-state index in [0.717, 1.165) is 6.08 Å². The predicted molar refractivity (Wildman–Crippen MR) is 52.4 cm³/mol. The van der Waals surface area contributed by atoms with E-state index in [9.17, 15) is 18.7 Å². The molecular weight excluding hydrogens is 218 g/mol. The number of carboxylic acids is 1. The topological polar surface area (TPSA) is 57.5 Å². The number of hydrogen-bond acceptors (Lipinski definition) is 2. The van der Waals surface area contributed by atoms with Gasteiger partial charge in [0.25, 0.3) is 0 Å². The Kier molecular flexibility index (Phi) is 2.18. The third-order valence-corrected chi connectivity index (χ3v) is 2.53. The minimum Gasteiger partial charge on any atom is -0.507 e. The van der Waals surface area contributed by atoms with Gasteiger partial charge in [0.2, 0.25) is 0 Å². The Bertz CT molecular complexity index is 492. The fraction of sp³-hybridized carbons (Fsp3) is 0.182. The molecule has 0 saturated heterocycles. The van der Waals surface area contributed by atoms with E-state index in [1.165, 1.54) is 12.1 Å². The van der Waals surface area contributed by atoms with Crippen LogP contribution in [-0.2, 0) is 11.2 Å². The molecule has 0 spiro atoms. The smallest absolute Gasteiger partial charge is 0.379 e. The standard InChI is InChI=1S/C11H8F2O3/c12-11(13,10(15)16)7-5-4-6-2-1-3-8(14)9(6)7/h1-3,5,14H,4H2,(H,15,16). The molecule has 1 aromatic rings. The number of halogens is 2. The molecule has 1 aromatic carbocycles. The first-order chi connectivity index (χ1) is 7.44. The van der Waals surface area contributed by atoms with Crippen LogP contribution in [0.15, 0.2) is 24.3 Å². The van der Waals surface area contributed by atoms with Crippen LogP contribution in [-0.4, -0.2) is 22.1 Å². The van der Waals surface area contributed by atoms with Gasteiger partial charge in [-0.25, -0.2) is 4.79 Å². The summed E-state index contributed by atoms with van der Waals surface area (Å²) in [6.07, 6.45) is 1.35. The van der Waals surface area contributed by atoms with Crippen LogP contribution in [0, 0.1) is 0 Å². The molecule has 16 heavy (non-hydrogen) atoms. The SMILES string of the molecule is O=C(O)C(F)(F)C1=CCc2cccc(O)c21. The molecule has 3 nitrogen and oxygen atoms in total. The Balaban J connectivity index is 2.55. The lowest BCUT2D eigenvalue weighted by molar-refractivity contribution is -0.156. The molecule has 2 rings (SSSR count). The van der Waals surface area contributed by atoms with Crippen molar-refractivity contribution in [3.8, 4) is 5.75 Å². The summed E-state index contributed by atoms with van der Waals surface area (Å²) in [7, 11) is 0. The van der Waals surface area contributed by atoms with Crippen LogP contribution in [0.1, 0.15) is 11.1 Å². The van der Waals surface area contributed by atoms with Crippen molar-refractivity contribution < 1.29 is 23.8 Å². The third-order valence-electron chi connectivity index (χ3n) is 2.53. The van der Waals surface area contributed by atoms with Crippen LogP contribution in [0.3, 0.4) is 0 Å². The number of rotatable bonds is 2. The maximum Gasteiger partial charge on any atom is 0.379 e. The van der Waals surface area contributed by atoms with Crippen LogP contribution < -0.4 is 0 Å². The summed E-state index contributed by atoms with van der Waals surface area (Å²) in [4.78, 5) is 10.5. The van der Waals surface area contributed by atoms with Gasteiger partial charge in [0, 0.05) is 11.1 Å². The van der Waals surface area contributed by atoms with E-state index in [-0.39, 0.29) is 17.7 Å². The number of fused-ring (bicyclic) bond motifs is 1. The first-order valence-corrected chi connectivity index (χ1v) is 4.57. The van der Waals surface area contributed by atoms with Gasteiger partial charge in [-0.3, -0.25) is 0 Å². The lowest BCUT2D eigenvalue weighted by Crippen LogP contribution is -2.29. The Morgan fingerprint density at radius 3 is 2.69 bits per heavy atom.